The van der Waals surface area contributed by atoms with Crippen molar-refractivity contribution >= 4 is 23.0 Å². The minimum absolute atomic E-state index is 0.0632. The number of amides is 2. The maximum absolute atomic E-state index is 14.3. The second-order valence-corrected chi connectivity index (χ2v) is 11.3. The summed E-state index contributed by atoms with van der Waals surface area (Å²) in [4.78, 5) is 29.4. The lowest BCUT2D eigenvalue weighted by Gasteiger charge is -2.37. The highest BCUT2D eigenvalue weighted by Crippen LogP contribution is 2.48. The van der Waals surface area contributed by atoms with Gasteiger partial charge in [0.05, 0.1) is 52.1 Å². The van der Waals surface area contributed by atoms with E-state index in [9.17, 15) is 27.9 Å². The number of pyridine rings is 1. The van der Waals surface area contributed by atoms with Crippen molar-refractivity contribution in [1.82, 2.24) is 25.2 Å². The number of nitriles is 1. The molecule has 2 atom stereocenters. The van der Waals surface area contributed by atoms with Crippen LogP contribution >= 0.6 is 0 Å². The minimum atomic E-state index is -2.90. The topological polar surface area (TPSA) is 144 Å². The van der Waals surface area contributed by atoms with Crippen molar-refractivity contribution in [3.63, 3.8) is 0 Å². The van der Waals surface area contributed by atoms with Crippen LogP contribution in [-0.2, 0) is 4.79 Å². The first-order valence-corrected chi connectivity index (χ1v) is 13.3. The fourth-order valence-corrected chi connectivity index (χ4v) is 4.78. The van der Waals surface area contributed by atoms with Crippen LogP contribution in [0.2, 0.25) is 0 Å². The molecule has 2 saturated carbocycles. The lowest BCUT2D eigenvalue weighted by Crippen LogP contribution is -2.43. The number of carbonyl (C=O) groups excluding carboxylic acids is 2. The van der Waals surface area contributed by atoms with E-state index in [0.717, 1.165) is 0 Å². The first-order valence-electron chi connectivity index (χ1n) is 13.3. The van der Waals surface area contributed by atoms with Crippen molar-refractivity contribution in [2.45, 2.75) is 56.8 Å². The molecule has 3 heterocycles. The number of rotatable bonds is 10. The number of aromatic nitrogens is 3. The molecule has 41 heavy (non-hydrogen) atoms. The summed E-state index contributed by atoms with van der Waals surface area (Å²) in [5, 5.41) is 31.8. The lowest BCUT2D eigenvalue weighted by atomic mass is 9.80. The number of anilines is 1. The number of nitrogens with one attached hydrogen (secondary N) is 3. The first-order chi connectivity index (χ1) is 19.4. The summed E-state index contributed by atoms with van der Waals surface area (Å²) in [5.41, 5.74) is 1.20. The van der Waals surface area contributed by atoms with Crippen LogP contribution in [-0.4, -0.2) is 68.3 Å². The summed E-state index contributed by atoms with van der Waals surface area (Å²) in [6.07, 6.45) is 1.98. The van der Waals surface area contributed by atoms with Gasteiger partial charge in [-0.05, 0) is 56.9 Å². The van der Waals surface area contributed by atoms with Crippen LogP contribution in [0.25, 0.3) is 16.9 Å². The van der Waals surface area contributed by atoms with Gasteiger partial charge in [-0.2, -0.15) is 10.4 Å². The van der Waals surface area contributed by atoms with Gasteiger partial charge in [0.25, 0.3) is 11.8 Å². The van der Waals surface area contributed by atoms with E-state index in [1.807, 2.05) is 6.07 Å². The van der Waals surface area contributed by atoms with Crippen molar-refractivity contribution in [3.8, 4) is 17.5 Å². The minimum Gasteiger partial charge on any atom is -0.387 e. The molecule has 2 fully saturated rings. The summed E-state index contributed by atoms with van der Waals surface area (Å²) in [5.74, 6) is -5.26. The Morgan fingerprint density at radius 3 is 2.63 bits per heavy atom. The Morgan fingerprint density at radius 1 is 1.24 bits per heavy atom. The van der Waals surface area contributed by atoms with E-state index in [1.54, 1.807) is 28.8 Å². The van der Waals surface area contributed by atoms with Crippen LogP contribution in [0.1, 0.15) is 49.0 Å². The Kier molecular flexibility index (Phi) is 7.37. The second-order valence-electron chi connectivity index (χ2n) is 11.3. The van der Waals surface area contributed by atoms with Crippen LogP contribution in [0.15, 0.2) is 36.7 Å². The zero-order valence-electron chi connectivity index (χ0n) is 22.5. The molecule has 0 radical (unpaired) electrons. The Bertz CT molecular complexity index is 1520. The van der Waals surface area contributed by atoms with Gasteiger partial charge in [0.15, 0.2) is 0 Å². The predicted molar refractivity (Wildman–Crippen MR) is 143 cm³/mol. The lowest BCUT2D eigenvalue weighted by molar-refractivity contribution is -0.124. The molecule has 3 aromatic heterocycles. The van der Waals surface area contributed by atoms with E-state index in [4.69, 9.17) is 5.26 Å². The predicted octanol–water partition coefficient (Wildman–Crippen LogP) is 3.07. The van der Waals surface area contributed by atoms with Gasteiger partial charge in [-0.3, -0.25) is 14.6 Å². The smallest absolute Gasteiger partial charge is 0.260 e. The van der Waals surface area contributed by atoms with Crippen molar-refractivity contribution in [2.75, 3.05) is 18.4 Å². The molecule has 2 aliphatic rings. The molecule has 0 unspecified atom stereocenters. The van der Waals surface area contributed by atoms with Crippen molar-refractivity contribution < 1.29 is 27.9 Å². The van der Waals surface area contributed by atoms with E-state index in [-0.39, 0.29) is 17.5 Å². The second kappa shape index (κ2) is 10.7. The number of carbonyl (C=O) groups is 2. The highest BCUT2D eigenvalue weighted by atomic mass is 19.3. The van der Waals surface area contributed by atoms with Gasteiger partial charge < -0.3 is 21.1 Å². The van der Waals surface area contributed by atoms with E-state index < -0.39 is 48.4 Å². The molecule has 2 aliphatic carbocycles. The summed E-state index contributed by atoms with van der Waals surface area (Å²) >= 11 is 0. The van der Waals surface area contributed by atoms with Crippen LogP contribution in [0.3, 0.4) is 0 Å². The quantitative estimate of drug-likeness (QED) is 0.294. The van der Waals surface area contributed by atoms with Crippen molar-refractivity contribution in [2.24, 2.45) is 11.8 Å². The molecule has 0 spiro atoms. The average Bonchev–Trinajstić information content (AvgIpc) is 3.35. The standard InChI is InChI=1S/C28H30F3N7O3/c1-27(2,41)24(29)14-35-25(39)19-13-33-22(23-4-3-18-7-16(10-32)12-36-38(18)23)8-21(19)37-17-5-15(6-17)11-34-26(40)20-9-28(20,30)31/h3-4,7-8,12-13,15,17,20,24,41H,5-6,9,11,14H2,1-2H3,(H,33,37)(H,34,40)(H,35,39)/t15?,17?,20-,24-/m1/s1. The highest BCUT2D eigenvalue weighted by Gasteiger charge is 2.61. The molecular formula is C28H30F3N7O3. The summed E-state index contributed by atoms with van der Waals surface area (Å²) in [6.45, 7) is 2.52. The van der Waals surface area contributed by atoms with Gasteiger partial charge in [0, 0.05) is 25.2 Å². The van der Waals surface area contributed by atoms with Crippen molar-refractivity contribution in [3.05, 3.63) is 47.8 Å². The third-order valence-electron chi connectivity index (χ3n) is 7.55. The van der Waals surface area contributed by atoms with Crippen LogP contribution in [0.4, 0.5) is 18.9 Å². The molecule has 0 bridgehead atoms. The van der Waals surface area contributed by atoms with Crippen molar-refractivity contribution in [1.29, 1.82) is 5.26 Å². The fourth-order valence-electron chi connectivity index (χ4n) is 4.78. The molecule has 4 N–H and O–H groups in total. The van der Waals surface area contributed by atoms with Gasteiger partial charge in [0.1, 0.15) is 18.2 Å². The normalized spacial score (nSPS) is 21.8. The third kappa shape index (κ3) is 6.12. The van der Waals surface area contributed by atoms with E-state index in [1.165, 1.54) is 26.2 Å². The van der Waals surface area contributed by atoms with E-state index >= 15 is 0 Å². The molecule has 3 aromatic rings. The molecule has 5 rings (SSSR count). The van der Waals surface area contributed by atoms with Gasteiger partial charge in [0.2, 0.25) is 5.91 Å². The van der Waals surface area contributed by atoms with Gasteiger partial charge >= 0.3 is 0 Å². The van der Waals surface area contributed by atoms with E-state index in [2.05, 4.69) is 26.0 Å². The highest BCUT2D eigenvalue weighted by molar-refractivity contribution is 6.00. The molecule has 13 heteroatoms. The summed E-state index contributed by atoms with van der Waals surface area (Å²) in [7, 11) is 0. The van der Waals surface area contributed by atoms with Gasteiger partial charge in [-0.15, -0.1) is 0 Å². The molecular weight excluding hydrogens is 539 g/mol. The number of hydrogen-bond acceptors (Lipinski definition) is 7. The van der Waals surface area contributed by atoms with Crippen LogP contribution in [0, 0.1) is 23.2 Å². The number of fused-ring (bicyclic) bond motifs is 1. The zero-order valence-corrected chi connectivity index (χ0v) is 22.5. The monoisotopic (exact) mass is 569 g/mol. The number of aliphatic hydroxyl groups is 1. The van der Waals surface area contributed by atoms with Crippen LogP contribution < -0.4 is 16.0 Å². The van der Waals surface area contributed by atoms with E-state index in [0.29, 0.717) is 47.5 Å². The summed E-state index contributed by atoms with van der Waals surface area (Å²) < 4.78 is 42.2. The number of alkyl halides is 3. The number of nitrogens with zero attached hydrogens (tertiary/aromatic N) is 4. The van der Waals surface area contributed by atoms with Crippen LogP contribution in [0.5, 0.6) is 0 Å². The largest absolute Gasteiger partial charge is 0.387 e. The SMILES string of the molecule is CC(C)(O)[C@H](F)CNC(=O)c1cnc(-c2ccc3cc(C#N)cnn23)cc1NC1CC(CNC(=O)[C@H]2CC2(F)F)C1. The molecule has 0 saturated heterocycles. The Labute approximate surface area is 233 Å². The molecule has 0 aliphatic heterocycles. The molecule has 2 amide bonds. The number of halogens is 3. The van der Waals surface area contributed by atoms with Gasteiger partial charge in [-0.25, -0.2) is 17.7 Å². The maximum atomic E-state index is 14.3. The average molecular weight is 570 g/mol. The Hall–Kier alpha value is -4.18. The van der Waals surface area contributed by atoms with Gasteiger partial charge in [-0.1, -0.05) is 0 Å². The molecule has 0 aromatic carbocycles. The molecule has 216 valence electrons. The fraction of sp³-hybridized carbons (Fsp3) is 0.464. The maximum Gasteiger partial charge on any atom is 0.260 e. The zero-order chi connectivity index (χ0) is 29.5. The molecule has 10 nitrogen and oxygen atoms in total. The summed E-state index contributed by atoms with van der Waals surface area (Å²) in [6, 6.07) is 8.93. The number of hydrogen-bond donors (Lipinski definition) is 4. The Balaban J connectivity index is 1.31. The first kappa shape index (κ1) is 28.4. The Morgan fingerprint density at radius 2 is 1.98 bits per heavy atom. The third-order valence-corrected chi connectivity index (χ3v) is 7.55.